The maximum atomic E-state index is 11.0. The fraction of sp³-hybridized carbons (Fsp3) is 0.462. The first kappa shape index (κ1) is 13.5. The van der Waals surface area contributed by atoms with Gasteiger partial charge < -0.3 is 15.2 Å². The largest absolute Gasteiger partial charge is 0.492 e. The average molecular weight is 237 g/mol. The van der Waals surface area contributed by atoms with Crippen LogP contribution in [0.25, 0.3) is 0 Å². The zero-order valence-corrected chi connectivity index (χ0v) is 10.5. The van der Waals surface area contributed by atoms with Crippen LogP contribution in [-0.2, 0) is 9.53 Å². The molecule has 1 rings (SSSR count). The van der Waals surface area contributed by atoms with E-state index in [1.165, 1.54) is 7.11 Å². The molecule has 4 heteroatoms. The Kier molecular flexibility index (Phi) is 4.97. The van der Waals surface area contributed by atoms with Crippen molar-refractivity contribution in [3.05, 3.63) is 29.3 Å². The smallest absolute Gasteiger partial charge is 0.307 e. The van der Waals surface area contributed by atoms with E-state index in [2.05, 4.69) is 4.74 Å². The van der Waals surface area contributed by atoms with E-state index < -0.39 is 0 Å². The highest BCUT2D eigenvalue weighted by Gasteiger charge is 2.11. The molecule has 0 fully saturated rings. The van der Waals surface area contributed by atoms with Crippen molar-refractivity contribution < 1.29 is 14.3 Å². The van der Waals surface area contributed by atoms with Gasteiger partial charge in [-0.25, -0.2) is 0 Å². The number of carbonyl (C=O) groups is 1. The molecule has 94 valence electrons. The Bertz CT molecular complexity index is 390. The molecule has 1 aromatic carbocycles. The van der Waals surface area contributed by atoms with Crippen LogP contribution >= 0.6 is 0 Å². The first-order valence-electron chi connectivity index (χ1n) is 5.55. The summed E-state index contributed by atoms with van der Waals surface area (Å²) in [4.78, 5) is 11.0. The second kappa shape index (κ2) is 6.25. The molecule has 0 aliphatic rings. The van der Waals surface area contributed by atoms with Gasteiger partial charge in [-0.1, -0.05) is 12.1 Å². The minimum Gasteiger partial charge on any atom is -0.492 e. The topological polar surface area (TPSA) is 61.5 Å². The number of rotatable bonds is 5. The predicted octanol–water partition coefficient (Wildman–Crippen LogP) is 1.57. The summed E-state index contributed by atoms with van der Waals surface area (Å²) in [7, 11) is 1.35. The molecule has 17 heavy (non-hydrogen) atoms. The predicted molar refractivity (Wildman–Crippen MR) is 66.0 cm³/mol. The van der Waals surface area contributed by atoms with E-state index >= 15 is 0 Å². The number of ether oxygens (including phenoxy) is 2. The molecule has 0 saturated carbocycles. The molecule has 0 saturated heterocycles. The van der Waals surface area contributed by atoms with Crippen molar-refractivity contribution in [1.29, 1.82) is 0 Å². The van der Waals surface area contributed by atoms with Gasteiger partial charge in [0.1, 0.15) is 12.4 Å². The molecule has 0 aliphatic heterocycles. The molecule has 0 aromatic heterocycles. The first-order valence-corrected chi connectivity index (χ1v) is 5.55. The number of benzene rings is 1. The van der Waals surface area contributed by atoms with Gasteiger partial charge in [0.15, 0.2) is 0 Å². The molecule has 0 radical (unpaired) electrons. The van der Waals surface area contributed by atoms with Crippen molar-refractivity contribution in [2.24, 2.45) is 5.73 Å². The van der Waals surface area contributed by atoms with Gasteiger partial charge in [-0.3, -0.25) is 4.79 Å². The number of esters is 1. The number of aryl methyl sites for hydroxylation is 2. The van der Waals surface area contributed by atoms with Gasteiger partial charge in [0.05, 0.1) is 13.5 Å². The van der Waals surface area contributed by atoms with Crippen molar-refractivity contribution in [2.75, 3.05) is 13.7 Å². The van der Waals surface area contributed by atoms with E-state index in [4.69, 9.17) is 10.5 Å². The second-order valence-electron chi connectivity index (χ2n) is 4.12. The molecule has 2 N–H and O–H groups in total. The molecule has 0 heterocycles. The Morgan fingerprint density at radius 2 is 2.12 bits per heavy atom. The van der Waals surface area contributed by atoms with E-state index in [1.54, 1.807) is 0 Å². The fourth-order valence-corrected chi connectivity index (χ4v) is 1.42. The van der Waals surface area contributed by atoms with Crippen LogP contribution in [-0.4, -0.2) is 25.7 Å². The van der Waals surface area contributed by atoms with Crippen LogP contribution in [0.3, 0.4) is 0 Å². The van der Waals surface area contributed by atoms with Gasteiger partial charge in [0, 0.05) is 6.04 Å². The van der Waals surface area contributed by atoms with E-state index in [0.29, 0.717) is 6.61 Å². The zero-order chi connectivity index (χ0) is 12.8. The lowest BCUT2D eigenvalue weighted by molar-refractivity contribution is -0.141. The number of carbonyl (C=O) groups excluding carboxylic acids is 1. The van der Waals surface area contributed by atoms with Crippen LogP contribution in [0.15, 0.2) is 18.2 Å². The zero-order valence-electron chi connectivity index (χ0n) is 10.5. The van der Waals surface area contributed by atoms with Crippen molar-refractivity contribution in [2.45, 2.75) is 26.3 Å². The van der Waals surface area contributed by atoms with E-state index in [9.17, 15) is 4.79 Å². The highest BCUT2D eigenvalue weighted by atomic mass is 16.5. The van der Waals surface area contributed by atoms with E-state index in [0.717, 1.165) is 16.9 Å². The van der Waals surface area contributed by atoms with Crippen LogP contribution in [0.1, 0.15) is 17.5 Å². The molecule has 0 spiro atoms. The monoisotopic (exact) mass is 237 g/mol. The summed E-state index contributed by atoms with van der Waals surface area (Å²) in [6.45, 7) is 4.28. The molecule has 0 aliphatic carbocycles. The summed E-state index contributed by atoms with van der Waals surface area (Å²) >= 11 is 0. The minimum atomic E-state index is -0.345. The molecule has 1 aromatic rings. The number of hydrogen-bond donors (Lipinski definition) is 1. The maximum Gasteiger partial charge on any atom is 0.307 e. The van der Waals surface area contributed by atoms with Crippen LogP contribution < -0.4 is 10.5 Å². The van der Waals surface area contributed by atoms with Crippen LogP contribution in [0.2, 0.25) is 0 Å². The van der Waals surface area contributed by atoms with Gasteiger partial charge >= 0.3 is 5.97 Å². The first-order chi connectivity index (χ1) is 8.02. The SMILES string of the molecule is COC(=O)CC(N)COc1cc(C)ccc1C. The van der Waals surface area contributed by atoms with Crippen molar-refractivity contribution in [3.8, 4) is 5.75 Å². The van der Waals surface area contributed by atoms with Gasteiger partial charge in [-0.05, 0) is 31.0 Å². The van der Waals surface area contributed by atoms with E-state index in [-0.39, 0.29) is 18.4 Å². The van der Waals surface area contributed by atoms with Crippen LogP contribution in [0.5, 0.6) is 5.75 Å². The molecule has 4 nitrogen and oxygen atoms in total. The molecule has 1 unspecified atom stereocenters. The highest BCUT2D eigenvalue weighted by molar-refractivity contribution is 5.69. The van der Waals surface area contributed by atoms with Crippen LogP contribution in [0.4, 0.5) is 0 Å². The molecule has 0 amide bonds. The van der Waals surface area contributed by atoms with Gasteiger partial charge in [-0.2, -0.15) is 0 Å². The number of hydrogen-bond acceptors (Lipinski definition) is 4. The summed E-state index contributed by atoms with van der Waals surface area (Å²) in [6, 6.07) is 5.63. The Morgan fingerprint density at radius 1 is 1.41 bits per heavy atom. The van der Waals surface area contributed by atoms with Crippen molar-refractivity contribution >= 4 is 5.97 Å². The quantitative estimate of drug-likeness (QED) is 0.790. The van der Waals surface area contributed by atoms with Crippen molar-refractivity contribution in [1.82, 2.24) is 0 Å². The lowest BCUT2D eigenvalue weighted by atomic mass is 10.1. The van der Waals surface area contributed by atoms with Gasteiger partial charge in [0.25, 0.3) is 0 Å². The second-order valence-corrected chi connectivity index (χ2v) is 4.12. The normalized spacial score (nSPS) is 12.0. The Hall–Kier alpha value is -1.55. The third-order valence-corrected chi connectivity index (χ3v) is 2.45. The number of nitrogens with two attached hydrogens (primary N) is 1. The molecule has 0 bridgehead atoms. The molecular weight excluding hydrogens is 218 g/mol. The minimum absolute atomic E-state index is 0.168. The Labute approximate surface area is 102 Å². The van der Waals surface area contributed by atoms with Gasteiger partial charge in [-0.15, -0.1) is 0 Å². The summed E-state index contributed by atoms with van der Waals surface area (Å²) < 4.78 is 10.1. The summed E-state index contributed by atoms with van der Waals surface area (Å²) in [5.41, 5.74) is 7.95. The lowest BCUT2D eigenvalue weighted by Crippen LogP contribution is -2.31. The highest BCUT2D eigenvalue weighted by Crippen LogP contribution is 2.19. The number of methoxy groups -OCH3 is 1. The summed E-state index contributed by atoms with van der Waals surface area (Å²) in [6.07, 6.45) is 0.168. The standard InChI is InChI=1S/C13H19NO3/c1-9-4-5-10(2)12(6-9)17-8-11(14)7-13(15)16-3/h4-6,11H,7-8,14H2,1-3H3. The molecule has 1 atom stereocenters. The third kappa shape index (κ3) is 4.44. The third-order valence-electron chi connectivity index (χ3n) is 2.45. The van der Waals surface area contributed by atoms with Crippen molar-refractivity contribution in [3.63, 3.8) is 0 Å². The lowest BCUT2D eigenvalue weighted by Gasteiger charge is -2.14. The summed E-state index contributed by atoms with van der Waals surface area (Å²) in [5.74, 6) is 0.493. The summed E-state index contributed by atoms with van der Waals surface area (Å²) in [5, 5.41) is 0. The maximum absolute atomic E-state index is 11.0. The Balaban J connectivity index is 2.49. The average Bonchev–Trinajstić information content (AvgIpc) is 2.30. The Morgan fingerprint density at radius 3 is 2.76 bits per heavy atom. The van der Waals surface area contributed by atoms with E-state index in [1.807, 2.05) is 32.0 Å². The van der Waals surface area contributed by atoms with Crippen LogP contribution in [0, 0.1) is 13.8 Å². The fourth-order valence-electron chi connectivity index (χ4n) is 1.42. The molecular formula is C13H19NO3. The van der Waals surface area contributed by atoms with Gasteiger partial charge in [0.2, 0.25) is 0 Å².